The van der Waals surface area contributed by atoms with Crippen molar-refractivity contribution in [2.24, 2.45) is 0 Å². The van der Waals surface area contributed by atoms with Gasteiger partial charge in [-0.3, -0.25) is 4.90 Å². The zero-order valence-electron chi connectivity index (χ0n) is 10.1. The summed E-state index contributed by atoms with van der Waals surface area (Å²) in [5, 5.41) is 7.09. The molecule has 2 heterocycles. The highest BCUT2D eigenvalue weighted by molar-refractivity contribution is 4.95. The van der Waals surface area contributed by atoms with Gasteiger partial charge in [-0.05, 0) is 33.5 Å². The zero-order valence-corrected chi connectivity index (χ0v) is 10.1. The van der Waals surface area contributed by atoms with Gasteiger partial charge in [-0.2, -0.15) is 4.98 Å². The van der Waals surface area contributed by atoms with E-state index < -0.39 is 0 Å². The molecule has 1 aliphatic rings. The van der Waals surface area contributed by atoms with Crippen LogP contribution in [0.25, 0.3) is 0 Å². The molecule has 1 aliphatic heterocycles. The van der Waals surface area contributed by atoms with Crippen LogP contribution in [0, 0.1) is 0 Å². The third-order valence-electron chi connectivity index (χ3n) is 3.14. The topological polar surface area (TPSA) is 54.2 Å². The average Bonchev–Trinajstić information content (AvgIpc) is 2.75. The highest BCUT2D eigenvalue weighted by Crippen LogP contribution is 2.28. The molecule has 90 valence electrons. The van der Waals surface area contributed by atoms with Gasteiger partial charge in [0.1, 0.15) is 0 Å². The third-order valence-corrected chi connectivity index (χ3v) is 3.14. The highest BCUT2D eigenvalue weighted by Gasteiger charge is 2.25. The van der Waals surface area contributed by atoms with Crippen molar-refractivity contribution in [1.29, 1.82) is 0 Å². The lowest BCUT2D eigenvalue weighted by Crippen LogP contribution is -2.29. The van der Waals surface area contributed by atoms with Gasteiger partial charge in [-0.1, -0.05) is 11.6 Å². The van der Waals surface area contributed by atoms with Gasteiger partial charge < -0.3 is 9.84 Å². The van der Waals surface area contributed by atoms with Gasteiger partial charge in [0.15, 0.2) is 5.82 Å². The smallest absolute Gasteiger partial charge is 0.243 e. The van der Waals surface area contributed by atoms with E-state index in [4.69, 9.17) is 4.52 Å². The number of nitrogens with one attached hydrogen (secondary N) is 1. The normalized spacial score (nSPS) is 22.5. The van der Waals surface area contributed by atoms with Crippen LogP contribution in [0.3, 0.4) is 0 Å². The molecule has 1 unspecified atom stereocenters. The molecule has 0 aromatic carbocycles. The predicted octanol–water partition coefficient (Wildman–Crippen LogP) is 0.988. The Morgan fingerprint density at radius 2 is 2.38 bits per heavy atom. The number of nitrogens with zero attached hydrogens (tertiary/aromatic N) is 3. The number of rotatable bonds is 4. The van der Waals surface area contributed by atoms with Crippen molar-refractivity contribution in [3.63, 3.8) is 0 Å². The maximum absolute atomic E-state index is 5.34. The molecule has 16 heavy (non-hydrogen) atoms. The van der Waals surface area contributed by atoms with Crippen molar-refractivity contribution in [2.75, 3.05) is 27.2 Å². The molecule has 2 rings (SSSR count). The number of hydrogen-bond acceptors (Lipinski definition) is 5. The standard InChI is InChI=1S/C11H20N4O/c1-12-7-6-10-13-11(16-14-10)9-5-3-4-8-15(9)2/h9,12H,3-8H2,1-2H3. The Bertz CT molecular complexity index is 326. The van der Waals surface area contributed by atoms with E-state index in [-0.39, 0.29) is 0 Å². The van der Waals surface area contributed by atoms with Gasteiger partial charge in [-0.25, -0.2) is 0 Å². The summed E-state index contributed by atoms with van der Waals surface area (Å²) in [7, 11) is 4.05. The Kier molecular flexibility index (Phi) is 3.90. The lowest BCUT2D eigenvalue weighted by molar-refractivity contribution is 0.150. The van der Waals surface area contributed by atoms with Crippen molar-refractivity contribution in [3.8, 4) is 0 Å². The van der Waals surface area contributed by atoms with Crippen LogP contribution < -0.4 is 5.32 Å². The fourth-order valence-electron chi connectivity index (χ4n) is 2.13. The molecule has 1 saturated heterocycles. The van der Waals surface area contributed by atoms with E-state index in [0.29, 0.717) is 6.04 Å². The minimum atomic E-state index is 0.324. The van der Waals surface area contributed by atoms with E-state index in [1.165, 1.54) is 12.8 Å². The first-order chi connectivity index (χ1) is 7.81. The minimum Gasteiger partial charge on any atom is -0.338 e. The lowest BCUT2D eigenvalue weighted by Gasteiger charge is -2.29. The third kappa shape index (κ3) is 2.59. The summed E-state index contributed by atoms with van der Waals surface area (Å²) in [5.41, 5.74) is 0. The zero-order chi connectivity index (χ0) is 11.4. The molecular formula is C11H20N4O. The van der Waals surface area contributed by atoms with Crippen LogP contribution in [0.2, 0.25) is 0 Å². The number of piperidine rings is 1. The van der Waals surface area contributed by atoms with Gasteiger partial charge in [0.2, 0.25) is 5.89 Å². The molecule has 1 aromatic heterocycles. The molecule has 0 aliphatic carbocycles. The van der Waals surface area contributed by atoms with Crippen LogP contribution >= 0.6 is 0 Å². The van der Waals surface area contributed by atoms with Crippen LogP contribution in [0.15, 0.2) is 4.52 Å². The van der Waals surface area contributed by atoms with Gasteiger partial charge >= 0.3 is 0 Å². The lowest BCUT2D eigenvalue weighted by atomic mass is 10.0. The van der Waals surface area contributed by atoms with Crippen LogP contribution in [-0.4, -0.2) is 42.2 Å². The van der Waals surface area contributed by atoms with E-state index >= 15 is 0 Å². The van der Waals surface area contributed by atoms with Gasteiger partial charge in [0.05, 0.1) is 6.04 Å². The van der Waals surface area contributed by atoms with E-state index in [0.717, 1.165) is 37.6 Å². The van der Waals surface area contributed by atoms with E-state index in [9.17, 15) is 0 Å². The SMILES string of the molecule is CNCCc1noc(C2CCCCN2C)n1. The van der Waals surface area contributed by atoms with Gasteiger partial charge in [0.25, 0.3) is 0 Å². The number of likely N-dealkylation sites (N-methyl/N-ethyl adjacent to an activating group) is 1. The molecule has 0 saturated carbocycles. The van der Waals surface area contributed by atoms with Gasteiger partial charge in [-0.15, -0.1) is 0 Å². The molecule has 1 fully saturated rings. The minimum absolute atomic E-state index is 0.324. The van der Waals surface area contributed by atoms with Crippen LogP contribution in [0.5, 0.6) is 0 Å². The first-order valence-electron chi connectivity index (χ1n) is 5.98. The maximum atomic E-state index is 5.34. The molecular weight excluding hydrogens is 204 g/mol. The van der Waals surface area contributed by atoms with Crippen molar-refractivity contribution in [3.05, 3.63) is 11.7 Å². The molecule has 0 bridgehead atoms. The molecule has 5 heteroatoms. The highest BCUT2D eigenvalue weighted by atomic mass is 16.5. The molecule has 0 amide bonds. The second kappa shape index (κ2) is 5.41. The monoisotopic (exact) mass is 224 g/mol. The predicted molar refractivity (Wildman–Crippen MR) is 61.2 cm³/mol. The number of hydrogen-bond donors (Lipinski definition) is 1. The Labute approximate surface area is 96.2 Å². The summed E-state index contributed by atoms with van der Waals surface area (Å²) in [6, 6.07) is 0.324. The summed E-state index contributed by atoms with van der Waals surface area (Å²) in [4.78, 5) is 6.77. The van der Waals surface area contributed by atoms with E-state index in [1.54, 1.807) is 0 Å². The Hall–Kier alpha value is -0.940. The first kappa shape index (κ1) is 11.5. The largest absolute Gasteiger partial charge is 0.338 e. The summed E-state index contributed by atoms with van der Waals surface area (Å²) in [6.07, 6.45) is 4.48. The summed E-state index contributed by atoms with van der Waals surface area (Å²) < 4.78 is 5.34. The van der Waals surface area contributed by atoms with Crippen molar-refractivity contribution >= 4 is 0 Å². The molecule has 1 N–H and O–H groups in total. The van der Waals surface area contributed by atoms with Crippen LogP contribution in [0.4, 0.5) is 0 Å². The molecule has 1 atom stereocenters. The molecule has 0 spiro atoms. The Balaban J connectivity index is 1.99. The summed E-state index contributed by atoms with van der Waals surface area (Å²) >= 11 is 0. The Morgan fingerprint density at radius 3 is 3.12 bits per heavy atom. The fraction of sp³-hybridized carbons (Fsp3) is 0.818. The number of likely N-dealkylation sites (tertiary alicyclic amines) is 1. The number of aromatic nitrogens is 2. The van der Waals surface area contributed by atoms with Crippen molar-refractivity contribution < 1.29 is 4.52 Å². The summed E-state index contributed by atoms with van der Waals surface area (Å²) in [6.45, 7) is 2.01. The molecule has 0 radical (unpaired) electrons. The summed E-state index contributed by atoms with van der Waals surface area (Å²) in [5.74, 6) is 1.59. The first-order valence-corrected chi connectivity index (χ1v) is 5.98. The second-order valence-electron chi connectivity index (χ2n) is 4.39. The molecule has 5 nitrogen and oxygen atoms in total. The van der Waals surface area contributed by atoms with E-state index in [2.05, 4.69) is 27.4 Å². The molecule has 1 aromatic rings. The average molecular weight is 224 g/mol. The maximum Gasteiger partial charge on any atom is 0.243 e. The van der Waals surface area contributed by atoms with Gasteiger partial charge in [0, 0.05) is 13.0 Å². The fourth-order valence-corrected chi connectivity index (χ4v) is 2.13. The van der Waals surface area contributed by atoms with Crippen molar-refractivity contribution in [2.45, 2.75) is 31.7 Å². The van der Waals surface area contributed by atoms with Crippen LogP contribution in [-0.2, 0) is 6.42 Å². The second-order valence-corrected chi connectivity index (χ2v) is 4.39. The van der Waals surface area contributed by atoms with Crippen LogP contribution in [0.1, 0.15) is 37.0 Å². The quantitative estimate of drug-likeness (QED) is 0.826. The Morgan fingerprint density at radius 1 is 1.50 bits per heavy atom. The van der Waals surface area contributed by atoms with Crippen molar-refractivity contribution in [1.82, 2.24) is 20.4 Å². The van der Waals surface area contributed by atoms with E-state index in [1.807, 2.05) is 7.05 Å².